The Kier molecular flexibility index (Phi) is 3.39. The first-order valence-corrected chi connectivity index (χ1v) is 7.59. The number of anilines is 1. The van der Waals surface area contributed by atoms with E-state index in [1.807, 2.05) is 18.2 Å². The molecule has 0 radical (unpaired) electrons. The van der Waals surface area contributed by atoms with Crippen molar-refractivity contribution >= 4 is 39.3 Å². The van der Waals surface area contributed by atoms with Gasteiger partial charge in [-0.05, 0) is 12.1 Å². The van der Waals surface area contributed by atoms with E-state index in [2.05, 4.69) is 33.2 Å². The van der Waals surface area contributed by atoms with Gasteiger partial charge < -0.3 is 5.73 Å². The lowest BCUT2D eigenvalue weighted by molar-refractivity contribution is 0.908. The Balaban J connectivity index is 1.70. The number of para-hydroxylation sites is 1. The molecule has 1 unspecified atom stereocenters. The van der Waals surface area contributed by atoms with Gasteiger partial charge in [0.05, 0.1) is 15.2 Å². The van der Waals surface area contributed by atoms with Crippen molar-refractivity contribution < 1.29 is 0 Å². The molecule has 3 rings (SSSR count). The first kappa shape index (κ1) is 12.4. The predicted molar refractivity (Wildman–Crippen MR) is 79.4 cm³/mol. The molecular formula is C12H13N5S2. The number of nitrogens with one attached hydrogen (secondary N) is 1. The molecule has 0 bridgehead atoms. The number of H-pyrrole nitrogens is 1. The number of aromatic nitrogens is 4. The molecule has 0 aliphatic heterocycles. The number of aromatic amines is 1. The Bertz CT molecular complexity index is 657. The van der Waals surface area contributed by atoms with Gasteiger partial charge in [-0.1, -0.05) is 30.8 Å². The molecule has 5 nitrogen and oxygen atoms in total. The Morgan fingerprint density at radius 1 is 1.37 bits per heavy atom. The number of thioether (sulfide) groups is 1. The van der Waals surface area contributed by atoms with Crippen molar-refractivity contribution in [3.63, 3.8) is 0 Å². The van der Waals surface area contributed by atoms with Crippen molar-refractivity contribution in [2.24, 2.45) is 0 Å². The zero-order valence-corrected chi connectivity index (χ0v) is 12.0. The van der Waals surface area contributed by atoms with Crippen molar-refractivity contribution in [3.05, 3.63) is 29.3 Å². The van der Waals surface area contributed by atoms with Gasteiger partial charge in [-0.15, -0.1) is 16.4 Å². The highest BCUT2D eigenvalue weighted by molar-refractivity contribution is 7.99. The van der Waals surface area contributed by atoms with E-state index in [1.165, 1.54) is 4.70 Å². The van der Waals surface area contributed by atoms with E-state index in [9.17, 15) is 0 Å². The Labute approximate surface area is 118 Å². The third kappa shape index (κ3) is 2.87. The third-order valence-corrected chi connectivity index (χ3v) is 4.61. The van der Waals surface area contributed by atoms with Crippen LogP contribution in [-0.4, -0.2) is 25.4 Å². The highest BCUT2D eigenvalue weighted by Gasteiger charge is 2.12. The number of fused-ring (bicyclic) bond motifs is 1. The second-order valence-electron chi connectivity index (χ2n) is 4.21. The number of nitrogens with zero attached hydrogens (tertiary/aromatic N) is 3. The van der Waals surface area contributed by atoms with Gasteiger partial charge in [0, 0.05) is 11.7 Å². The van der Waals surface area contributed by atoms with Crippen LogP contribution in [0.1, 0.15) is 11.9 Å². The van der Waals surface area contributed by atoms with E-state index in [0.29, 0.717) is 16.4 Å². The number of nitrogen functional groups attached to an aromatic ring is 1. The molecule has 0 spiro atoms. The molecule has 0 saturated carbocycles. The monoisotopic (exact) mass is 291 g/mol. The first-order chi connectivity index (χ1) is 9.20. The number of nitrogens with two attached hydrogens (primary N) is 1. The van der Waals surface area contributed by atoms with Gasteiger partial charge in [-0.25, -0.2) is 10.1 Å². The summed E-state index contributed by atoms with van der Waals surface area (Å²) >= 11 is 3.35. The van der Waals surface area contributed by atoms with E-state index < -0.39 is 0 Å². The Morgan fingerprint density at radius 2 is 2.21 bits per heavy atom. The summed E-state index contributed by atoms with van der Waals surface area (Å²) in [6.45, 7) is 2.14. The van der Waals surface area contributed by atoms with Crippen LogP contribution in [0.4, 0.5) is 5.95 Å². The van der Waals surface area contributed by atoms with Crippen molar-refractivity contribution in [3.8, 4) is 0 Å². The molecule has 7 heteroatoms. The lowest BCUT2D eigenvalue weighted by Gasteiger charge is -2.05. The molecule has 0 aliphatic rings. The largest absolute Gasteiger partial charge is 0.368 e. The topological polar surface area (TPSA) is 80.5 Å². The lowest BCUT2D eigenvalue weighted by atomic mass is 10.3. The maximum atomic E-state index is 5.51. The summed E-state index contributed by atoms with van der Waals surface area (Å²) in [5, 5.41) is 8.85. The molecule has 19 heavy (non-hydrogen) atoms. The highest BCUT2D eigenvalue weighted by atomic mass is 32.2. The summed E-state index contributed by atoms with van der Waals surface area (Å²) in [6.07, 6.45) is 0.901. The zero-order chi connectivity index (χ0) is 13.2. The summed E-state index contributed by atoms with van der Waals surface area (Å²) < 4.78 is 1.23. The average Bonchev–Trinajstić information content (AvgIpc) is 2.94. The Hall–Kier alpha value is -1.60. The van der Waals surface area contributed by atoms with Gasteiger partial charge in [0.1, 0.15) is 0 Å². The molecule has 2 heterocycles. The SMILES string of the molecule is CC(Cc1nc2ccccc2s1)Sc1n[nH]c(N)n1. The number of rotatable bonds is 4. The molecule has 0 aliphatic carbocycles. The van der Waals surface area contributed by atoms with Crippen LogP contribution in [0.15, 0.2) is 29.4 Å². The van der Waals surface area contributed by atoms with Gasteiger partial charge in [0.2, 0.25) is 11.1 Å². The molecule has 0 amide bonds. The highest BCUT2D eigenvalue weighted by Crippen LogP contribution is 2.27. The summed E-state index contributed by atoms with van der Waals surface area (Å²) in [5.41, 5.74) is 6.58. The fraction of sp³-hybridized carbons (Fsp3) is 0.250. The second kappa shape index (κ2) is 5.18. The first-order valence-electron chi connectivity index (χ1n) is 5.89. The average molecular weight is 291 g/mol. The third-order valence-electron chi connectivity index (χ3n) is 2.59. The molecule has 0 fully saturated rings. The van der Waals surface area contributed by atoms with Gasteiger partial charge in [-0.3, -0.25) is 0 Å². The van der Waals surface area contributed by atoms with E-state index >= 15 is 0 Å². The van der Waals surface area contributed by atoms with Crippen molar-refractivity contribution in [2.75, 3.05) is 5.73 Å². The molecule has 2 aromatic heterocycles. The minimum absolute atomic E-state index is 0.356. The molecule has 3 N–H and O–H groups in total. The maximum absolute atomic E-state index is 5.51. The quantitative estimate of drug-likeness (QED) is 0.722. The van der Waals surface area contributed by atoms with Crippen molar-refractivity contribution in [1.82, 2.24) is 20.2 Å². The van der Waals surface area contributed by atoms with Crippen LogP contribution in [-0.2, 0) is 6.42 Å². The molecule has 3 aromatic rings. The van der Waals surface area contributed by atoms with Crippen LogP contribution < -0.4 is 5.73 Å². The van der Waals surface area contributed by atoms with Crippen molar-refractivity contribution in [2.45, 2.75) is 23.8 Å². The second-order valence-corrected chi connectivity index (χ2v) is 6.73. The zero-order valence-electron chi connectivity index (χ0n) is 10.3. The van der Waals surface area contributed by atoms with Crippen LogP contribution >= 0.6 is 23.1 Å². The van der Waals surface area contributed by atoms with Gasteiger partial charge in [0.15, 0.2) is 0 Å². The van der Waals surface area contributed by atoms with Crippen LogP contribution in [0, 0.1) is 0 Å². The van der Waals surface area contributed by atoms with Gasteiger partial charge in [0.25, 0.3) is 0 Å². The van der Waals surface area contributed by atoms with E-state index in [1.54, 1.807) is 23.1 Å². The predicted octanol–water partition coefficient (Wildman–Crippen LogP) is 2.72. The molecule has 1 atom stereocenters. The minimum atomic E-state index is 0.356. The fourth-order valence-electron chi connectivity index (χ4n) is 1.79. The number of thiazole rings is 1. The molecule has 1 aromatic carbocycles. The van der Waals surface area contributed by atoms with Gasteiger partial charge in [-0.2, -0.15) is 4.98 Å². The summed E-state index contributed by atoms with van der Waals surface area (Å²) in [4.78, 5) is 8.72. The number of hydrogen-bond donors (Lipinski definition) is 2. The van der Waals surface area contributed by atoms with Crippen molar-refractivity contribution in [1.29, 1.82) is 0 Å². The van der Waals surface area contributed by atoms with Crippen LogP contribution in [0.3, 0.4) is 0 Å². The fourth-order valence-corrected chi connectivity index (χ4v) is 3.84. The molecule has 0 saturated heterocycles. The summed E-state index contributed by atoms with van der Waals surface area (Å²) in [5.74, 6) is 0.356. The number of hydrogen-bond acceptors (Lipinski definition) is 6. The van der Waals surface area contributed by atoms with Crippen LogP contribution in [0.5, 0.6) is 0 Å². The van der Waals surface area contributed by atoms with Gasteiger partial charge >= 0.3 is 0 Å². The smallest absolute Gasteiger partial charge is 0.216 e. The van der Waals surface area contributed by atoms with Crippen LogP contribution in [0.2, 0.25) is 0 Å². The summed E-state index contributed by atoms with van der Waals surface area (Å²) in [7, 11) is 0. The number of benzene rings is 1. The Morgan fingerprint density at radius 3 is 2.95 bits per heavy atom. The normalized spacial score (nSPS) is 12.9. The standard InChI is InChI=1S/C12H13N5S2/c1-7(18-12-15-11(13)16-17-12)6-10-14-8-4-2-3-5-9(8)19-10/h2-5,7H,6H2,1H3,(H3,13,15,16,17). The van der Waals surface area contributed by atoms with E-state index in [4.69, 9.17) is 5.73 Å². The van der Waals surface area contributed by atoms with Crippen LogP contribution in [0.25, 0.3) is 10.2 Å². The summed E-state index contributed by atoms with van der Waals surface area (Å²) in [6, 6.07) is 8.20. The lowest BCUT2D eigenvalue weighted by Crippen LogP contribution is -2.01. The molecule has 98 valence electrons. The maximum Gasteiger partial charge on any atom is 0.216 e. The van der Waals surface area contributed by atoms with E-state index in [-0.39, 0.29) is 0 Å². The molecular weight excluding hydrogens is 278 g/mol. The van der Waals surface area contributed by atoms with E-state index in [0.717, 1.165) is 16.9 Å². The minimum Gasteiger partial charge on any atom is -0.368 e.